The van der Waals surface area contributed by atoms with E-state index in [1.807, 2.05) is 0 Å². The monoisotopic (exact) mass is 367 g/mol. The lowest BCUT2D eigenvalue weighted by Crippen LogP contribution is -2.36. The summed E-state index contributed by atoms with van der Waals surface area (Å²) >= 11 is 0. The number of amides is 3. The second kappa shape index (κ2) is 8.75. The zero-order valence-electron chi connectivity index (χ0n) is 15.4. The highest BCUT2D eigenvalue weighted by molar-refractivity contribution is 6.03. The van der Waals surface area contributed by atoms with E-state index >= 15 is 0 Å². The first-order valence-electron chi connectivity index (χ1n) is 8.33. The minimum absolute atomic E-state index is 0.125. The number of nitrogens with one attached hydrogen (secondary N) is 2. The Morgan fingerprint density at radius 3 is 2.07 bits per heavy atom. The van der Waals surface area contributed by atoms with Crippen molar-refractivity contribution in [3.63, 3.8) is 0 Å². The predicted molar refractivity (Wildman–Crippen MR) is 104 cm³/mol. The van der Waals surface area contributed by atoms with Crippen molar-refractivity contribution in [1.82, 2.24) is 0 Å². The fourth-order valence-electron chi connectivity index (χ4n) is 2.50. The molecule has 2 N–H and O–H groups in total. The van der Waals surface area contributed by atoms with Crippen molar-refractivity contribution in [1.29, 1.82) is 0 Å². The lowest BCUT2D eigenvalue weighted by Gasteiger charge is -2.21. The summed E-state index contributed by atoms with van der Waals surface area (Å²) in [4.78, 5) is 48.4. The summed E-state index contributed by atoms with van der Waals surface area (Å²) in [6.45, 7) is 3.98. The highest BCUT2D eigenvalue weighted by Crippen LogP contribution is 2.18. The van der Waals surface area contributed by atoms with Crippen molar-refractivity contribution < 1.29 is 19.2 Å². The number of rotatable bonds is 6. The maximum absolute atomic E-state index is 12.4. The summed E-state index contributed by atoms with van der Waals surface area (Å²) in [7, 11) is 0. The molecule has 2 aromatic carbocycles. The topological polar surface area (TPSA) is 95.6 Å². The Morgan fingerprint density at radius 2 is 1.48 bits per heavy atom. The van der Waals surface area contributed by atoms with Crippen molar-refractivity contribution in [3.05, 3.63) is 54.1 Å². The summed E-state index contributed by atoms with van der Waals surface area (Å²) < 4.78 is 0. The summed E-state index contributed by atoms with van der Waals surface area (Å²) in [6, 6.07) is 13.2. The van der Waals surface area contributed by atoms with Crippen LogP contribution >= 0.6 is 0 Å². The molecule has 0 bridgehead atoms. The van der Waals surface area contributed by atoms with E-state index in [-0.39, 0.29) is 24.1 Å². The number of anilines is 3. The average Bonchev–Trinajstić information content (AvgIpc) is 2.59. The lowest BCUT2D eigenvalue weighted by molar-refractivity contribution is -0.120. The molecule has 0 aromatic heterocycles. The number of nitrogens with zero attached hydrogens (tertiary/aromatic N) is 1. The molecule has 140 valence electrons. The third kappa shape index (κ3) is 5.78. The van der Waals surface area contributed by atoms with Crippen molar-refractivity contribution in [3.8, 4) is 0 Å². The Bertz CT molecular complexity index is 892. The van der Waals surface area contributed by atoms with Crippen LogP contribution in [0.1, 0.15) is 31.1 Å². The second-order valence-electron chi connectivity index (χ2n) is 6.02. The number of hydrogen-bond donors (Lipinski definition) is 2. The number of Topliss-reactive ketones (excluding diaryl/α,β-unsaturated/α-hetero) is 1. The lowest BCUT2D eigenvalue weighted by atomic mass is 10.1. The van der Waals surface area contributed by atoms with Gasteiger partial charge in [0.2, 0.25) is 17.7 Å². The summed E-state index contributed by atoms with van der Waals surface area (Å²) in [6.07, 6.45) is 0. The Balaban J connectivity index is 2.14. The largest absolute Gasteiger partial charge is 0.326 e. The zero-order valence-corrected chi connectivity index (χ0v) is 15.4. The summed E-state index contributed by atoms with van der Waals surface area (Å²) in [5.74, 6) is -1.07. The van der Waals surface area contributed by atoms with Gasteiger partial charge in [0.05, 0.1) is 0 Å². The van der Waals surface area contributed by atoms with Crippen LogP contribution in [0.15, 0.2) is 48.5 Å². The smallest absolute Gasteiger partial charge is 0.244 e. The van der Waals surface area contributed by atoms with E-state index < -0.39 is 5.91 Å². The SMILES string of the molecule is CC(=O)Nc1cccc(NC(=O)CN(C(C)=O)c2cccc(C(C)=O)c2)c1. The molecule has 27 heavy (non-hydrogen) atoms. The summed E-state index contributed by atoms with van der Waals surface area (Å²) in [5.41, 5.74) is 1.98. The molecule has 2 aromatic rings. The highest BCUT2D eigenvalue weighted by Gasteiger charge is 2.17. The van der Waals surface area contributed by atoms with E-state index in [9.17, 15) is 19.2 Å². The van der Waals surface area contributed by atoms with Gasteiger partial charge in [-0.1, -0.05) is 18.2 Å². The first kappa shape index (κ1) is 19.8. The van der Waals surface area contributed by atoms with Gasteiger partial charge in [-0.15, -0.1) is 0 Å². The Morgan fingerprint density at radius 1 is 0.852 bits per heavy atom. The van der Waals surface area contributed by atoms with Crippen LogP contribution in [0.5, 0.6) is 0 Å². The van der Waals surface area contributed by atoms with Crippen LogP contribution in [0.25, 0.3) is 0 Å². The van der Waals surface area contributed by atoms with E-state index in [1.165, 1.54) is 25.7 Å². The molecule has 2 rings (SSSR count). The predicted octanol–water partition coefficient (Wildman–Crippen LogP) is 2.84. The van der Waals surface area contributed by atoms with Gasteiger partial charge in [0, 0.05) is 36.5 Å². The van der Waals surface area contributed by atoms with E-state index in [4.69, 9.17) is 0 Å². The van der Waals surface area contributed by atoms with Gasteiger partial charge in [0.25, 0.3) is 0 Å². The quantitative estimate of drug-likeness (QED) is 0.768. The number of carbonyl (C=O) groups excluding carboxylic acids is 4. The van der Waals surface area contributed by atoms with E-state index in [1.54, 1.807) is 48.5 Å². The molecule has 0 aliphatic rings. The molecule has 0 aliphatic heterocycles. The maximum Gasteiger partial charge on any atom is 0.244 e. The van der Waals surface area contributed by atoms with Gasteiger partial charge >= 0.3 is 0 Å². The molecule has 0 heterocycles. The zero-order chi connectivity index (χ0) is 20.0. The first-order chi connectivity index (χ1) is 12.8. The van der Waals surface area contributed by atoms with Gasteiger partial charge in [-0.3, -0.25) is 19.2 Å². The maximum atomic E-state index is 12.4. The van der Waals surface area contributed by atoms with E-state index in [0.29, 0.717) is 22.6 Å². The molecule has 0 saturated carbocycles. The molecule has 0 spiro atoms. The van der Waals surface area contributed by atoms with Crippen molar-refractivity contribution >= 4 is 40.6 Å². The van der Waals surface area contributed by atoms with Gasteiger partial charge in [-0.05, 0) is 37.3 Å². The van der Waals surface area contributed by atoms with Crippen LogP contribution in [0.4, 0.5) is 17.1 Å². The molecule has 0 radical (unpaired) electrons. The second-order valence-corrected chi connectivity index (χ2v) is 6.02. The molecule has 0 fully saturated rings. The Hall–Kier alpha value is -3.48. The molecular weight excluding hydrogens is 346 g/mol. The van der Waals surface area contributed by atoms with Gasteiger partial charge in [-0.2, -0.15) is 0 Å². The molecule has 0 atom stereocenters. The fraction of sp³-hybridized carbons (Fsp3) is 0.200. The van der Waals surface area contributed by atoms with Gasteiger partial charge in [0.15, 0.2) is 5.78 Å². The van der Waals surface area contributed by atoms with Gasteiger partial charge in [-0.25, -0.2) is 0 Å². The standard InChI is InChI=1S/C20H21N3O4/c1-13(24)16-6-4-9-19(10-16)23(15(3)26)12-20(27)22-18-8-5-7-17(11-18)21-14(2)25/h4-11H,12H2,1-3H3,(H,21,25)(H,22,27). The number of benzene rings is 2. The van der Waals surface area contributed by atoms with Crippen LogP contribution in [0.3, 0.4) is 0 Å². The molecule has 0 unspecified atom stereocenters. The summed E-state index contributed by atoms with van der Waals surface area (Å²) in [5, 5.41) is 5.33. The number of hydrogen-bond acceptors (Lipinski definition) is 4. The highest BCUT2D eigenvalue weighted by atomic mass is 16.2. The van der Waals surface area contributed by atoms with Crippen molar-refractivity contribution in [2.24, 2.45) is 0 Å². The van der Waals surface area contributed by atoms with Crippen LogP contribution in [0, 0.1) is 0 Å². The van der Waals surface area contributed by atoms with E-state index in [2.05, 4.69) is 10.6 Å². The molecule has 3 amide bonds. The van der Waals surface area contributed by atoms with Crippen molar-refractivity contribution in [2.45, 2.75) is 20.8 Å². The van der Waals surface area contributed by atoms with Crippen LogP contribution < -0.4 is 15.5 Å². The first-order valence-corrected chi connectivity index (χ1v) is 8.33. The Labute approximate surface area is 157 Å². The van der Waals surface area contributed by atoms with Crippen LogP contribution in [-0.4, -0.2) is 30.0 Å². The molecule has 0 saturated heterocycles. The third-order valence-corrected chi connectivity index (χ3v) is 3.71. The van der Waals surface area contributed by atoms with Crippen LogP contribution in [-0.2, 0) is 14.4 Å². The van der Waals surface area contributed by atoms with Crippen molar-refractivity contribution in [2.75, 3.05) is 22.1 Å². The minimum atomic E-state index is -0.404. The molecular formula is C20H21N3O4. The normalized spacial score (nSPS) is 10.0. The molecule has 7 nitrogen and oxygen atoms in total. The Kier molecular flexibility index (Phi) is 6.43. The number of carbonyl (C=O) groups is 4. The van der Waals surface area contributed by atoms with Crippen LogP contribution in [0.2, 0.25) is 0 Å². The van der Waals surface area contributed by atoms with E-state index in [0.717, 1.165) is 0 Å². The third-order valence-electron chi connectivity index (χ3n) is 3.71. The average molecular weight is 367 g/mol. The number of ketones is 1. The fourth-order valence-corrected chi connectivity index (χ4v) is 2.50. The van der Waals surface area contributed by atoms with Gasteiger partial charge < -0.3 is 15.5 Å². The minimum Gasteiger partial charge on any atom is -0.326 e. The molecule has 0 aliphatic carbocycles. The van der Waals surface area contributed by atoms with Gasteiger partial charge in [0.1, 0.15) is 6.54 Å². The molecule has 7 heteroatoms.